The lowest BCUT2D eigenvalue weighted by atomic mass is 10.0. The predicted molar refractivity (Wildman–Crippen MR) is 72.4 cm³/mol. The van der Waals surface area contributed by atoms with E-state index in [1.54, 1.807) is 31.4 Å². The first-order chi connectivity index (χ1) is 8.61. The molecule has 0 aliphatic rings. The predicted octanol–water partition coefficient (Wildman–Crippen LogP) is 4.13. The van der Waals surface area contributed by atoms with Gasteiger partial charge < -0.3 is 9.15 Å². The van der Waals surface area contributed by atoms with E-state index in [2.05, 4.69) is 15.9 Å². The molecule has 0 aliphatic heterocycles. The molecule has 0 amide bonds. The number of halogens is 2. The fourth-order valence-electron chi connectivity index (χ4n) is 1.65. The maximum Gasteiger partial charge on any atom is 0.179 e. The lowest BCUT2D eigenvalue weighted by Crippen LogP contribution is -2.04. The van der Waals surface area contributed by atoms with Crippen LogP contribution in [0, 0.1) is 0 Å². The summed E-state index contributed by atoms with van der Waals surface area (Å²) in [6.07, 6.45) is 1.67. The number of carbonyl (C=O) groups is 1. The SMILES string of the molecule is COc1ccc(Cl)cc1CC(=O)c1ccoc1Br. The molecule has 3 nitrogen and oxygen atoms in total. The average Bonchev–Trinajstić information content (AvgIpc) is 2.76. The van der Waals surface area contributed by atoms with E-state index in [1.807, 2.05) is 0 Å². The number of rotatable bonds is 4. The van der Waals surface area contributed by atoms with Crippen molar-refractivity contribution in [3.05, 3.63) is 51.3 Å². The zero-order valence-corrected chi connectivity index (χ0v) is 11.9. The molecule has 2 aromatic rings. The van der Waals surface area contributed by atoms with Crippen molar-refractivity contribution in [1.82, 2.24) is 0 Å². The molecule has 18 heavy (non-hydrogen) atoms. The molecule has 1 aromatic carbocycles. The quantitative estimate of drug-likeness (QED) is 0.792. The van der Waals surface area contributed by atoms with Crippen molar-refractivity contribution in [2.24, 2.45) is 0 Å². The van der Waals surface area contributed by atoms with Gasteiger partial charge in [0.15, 0.2) is 10.5 Å². The van der Waals surface area contributed by atoms with Gasteiger partial charge in [0.1, 0.15) is 5.75 Å². The number of benzene rings is 1. The van der Waals surface area contributed by atoms with Crippen LogP contribution in [0.4, 0.5) is 0 Å². The van der Waals surface area contributed by atoms with Crippen LogP contribution in [0.2, 0.25) is 5.02 Å². The number of hydrogen-bond acceptors (Lipinski definition) is 3. The first-order valence-corrected chi connectivity index (χ1v) is 6.37. The zero-order valence-electron chi connectivity index (χ0n) is 9.57. The Labute approximate surface area is 118 Å². The number of carbonyl (C=O) groups excluding carboxylic acids is 1. The first-order valence-electron chi connectivity index (χ1n) is 5.20. The minimum absolute atomic E-state index is 0.0591. The van der Waals surface area contributed by atoms with Crippen LogP contribution in [-0.4, -0.2) is 12.9 Å². The zero-order chi connectivity index (χ0) is 13.1. The number of furan rings is 1. The summed E-state index contributed by atoms with van der Waals surface area (Å²) < 4.78 is 10.7. The van der Waals surface area contributed by atoms with E-state index in [0.29, 0.717) is 21.0 Å². The van der Waals surface area contributed by atoms with Crippen LogP contribution in [0.15, 0.2) is 39.6 Å². The second-order valence-electron chi connectivity index (χ2n) is 3.66. The number of hydrogen-bond donors (Lipinski definition) is 0. The van der Waals surface area contributed by atoms with Gasteiger partial charge in [-0.2, -0.15) is 0 Å². The third-order valence-electron chi connectivity index (χ3n) is 2.51. The lowest BCUT2D eigenvalue weighted by Gasteiger charge is -2.07. The summed E-state index contributed by atoms with van der Waals surface area (Å²) in [5, 5.41) is 0.574. The van der Waals surface area contributed by atoms with Gasteiger partial charge in [-0.1, -0.05) is 11.6 Å². The number of methoxy groups -OCH3 is 1. The van der Waals surface area contributed by atoms with Crippen LogP contribution in [0.25, 0.3) is 0 Å². The number of Topliss-reactive ketones (excluding diaryl/α,β-unsaturated/α-hetero) is 1. The van der Waals surface area contributed by atoms with Gasteiger partial charge in [0.05, 0.1) is 18.9 Å². The monoisotopic (exact) mass is 328 g/mol. The smallest absolute Gasteiger partial charge is 0.179 e. The van der Waals surface area contributed by atoms with Crippen LogP contribution in [0.5, 0.6) is 5.75 Å². The molecule has 1 heterocycles. The molecule has 2 rings (SSSR count). The fraction of sp³-hybridized carbons (Fsp3) is 0.154. The van der Waals surface area contributed by atoms with Crippen molar-refractivity contribution in [3.8, 4) is 5.75 Å². The molecule has 1 aromatic heterocycles. The summed E-state index contributed by atoms with van der Waals surface area (Å²) in [5.74, 6) is 0.587. The van der Waals surface area contributed by atoms with Crippen molar-refractivity contribution in [2.45, 2.75) is 6.42 Å². The van der Waals surface area contributed by atoms with Crippen LogP contribution >= 0.6 is 27.5 Å². The average molecular weight is 330 g/mol. The van der Waals surface area contributed by atoms with E-state index in [0.717, 1.165) is 5.56 Å². The van der Waals surface area contributed by atoms with Gasteiger partial charge >= 0.3 is 0 Å². The van der Waals surface area contributed by atoms with Crippen molar-refractivity contribution in [1.29, 1.82) is 0 Å². The maximum atomic E-state index is 12.1. The van der Waals surface area contributed by atoms with Gasteiger partial charge in [0.2, 0.25) is 0 Å². The largest absolute Gasteiger partial charge is 0.496 e. The van der Waals surface area contributed by atoms with Crippen molar-refractivity contribution in [3.63, 3.8) is 0 Å². The maximum absolute atomic E-state index is 12.1. The lowest BCUT2D eigenvalue weighted by molar-refractivity contribution is 0.0990. The third-order valence-corrected chi connectivity index (χ3v) is 3.36. The van der Waals surface area contributed by atoms with Crippen LogP contribution in [-0.2, 0) is 6.42 Å². The molecule has 0 unspecified atom stereocenters. The Morgan fingerprint density at radius 3 is 2.83 bits per heavy atom. The Morgan fingerprint density at radius 2 is 2.22 bits per heavy atom. The van der Waals surface area contributed by atoms with Crippen molar-refractivity contribution >= 4 is 33.3 Å². The Morgan fingerprint density at radius 1 is 1.44 bits per heavy atom. The summed E-state index contributed by atoms with van der Waals surface area (Å²) in [6, 6.07) is 6.83. The molecule has 5 heteroatoms. The topological polar surface area (TPSA) is 39.4 Å². The van der Waals surface area contributed by atoms with Gasteiger partial charge in [-0.3, -0.25) is 4.79 Å². The normalized spacial score (nSPS) is 10.4. The Kier molecular flexibility index (Phi) is 4.09. The molecule has 0 fully saturated rings. The molecule has 0 atom stereocenters. The minimum atomic E-state index is -0.0591. The Balaban J connectivity index is 2.27. The standard InChI is InChI=1S/C13H10BrClO3/c1-17-12-3-2-9(15)6-8(12)7-11(16)10-4-5-18-13(10)14/h2-6H,7H2,1H3. The minimum Gasteiger partial charge on any atom is -0.496 e. The van der Waals surface area contributed by atoms with E-state index < -0.39 is 0 Å². The highest BCUT2D eigenvalue weighted by molar-refractivity contribution is 9.10. The second-order valence-corrected chi connectivity index (χ2v) is 4.82. The van der Waals surface area contributed by atoms with E-state index in [-0.39, 0.29) is 12.2 Å². The van der Waals surface area contributed by atoms with E-state index in [4.69, 9.17) is 20.8 Å². The van der Waals surface area contributed by atoms with Crippen LogP contribution < -0.4 is 4.74 Å². The van der Waals surface area contributed by atoms with Crippen molar-refractivity contribution in [2.75, 3.05) is 7.11 Å². The molecule has 0 radical (unpaired) electrons. The van der Waals surface area contributed by atoms with Crippen molar-refractivity contribution < 1.29 is 13.9 Å². The number of ketones is 1. The molecule has 0 saturated heterocycles. The summed E-state index contributed by atoms with van der Waals surface area (Å²) in [6.45, 7) is 0. The molecule has 0 N–H and O–H groups in total. The highest BCUT2D eigenvalue weighted by atomic mass is 79.9. The highest BCUT2D eigenvalue weighted by Crippen LogP contribution is 2.26. The molecule has 94 valence electrons. The molecular formula is C13H10BrClO3. The highest BCUT2D eigenvalue weighted by Gasteiger charge is 2.15. The van der Waals surface area contributed by atoms with Gasteiger partial charge in [0.25, 0.3) is 0 Å². The molecular weight excluding hydrogens is 319 g/mol. The Bertz CT molecular complexity index is 577. The van der Waals surface area contributed by atoms with Crippen LogP contribution in [0.3, 0.4) is 0 Å². The summed E-state index contributed by atoms with van der Waals surface area (Å²) >= 11 is 9.10. The van der Waals surface area contributed by atoms with E-state index >= 15 is 0 Å². The van der Waals surface area contributed by atoms with Gasteiger partial charge in [0, 0.05) is 17.0 Å². The summed E-state index contributed by atoms with van der Waals surface area (Å²) in [5.41, 5.74) is 1.26. The van der Waals surface area contributed by atoms with E-state index in [1.165, 1.54) is 6.26 Å². The molecule has 0 bridgehead atoms. The van der Waals surface area contributed by atoms with E-state index in [9.17, 15) is 4.79 Å². The number of ether oxygens (including phenoxy) is 1. The summed E-state index contributed by atoms with van der Waals surface area (Å²) in [7, 11) is 1.56. The molecule has 0 saturated carbocycles. The van der Waals surface area contributed by atoms with Crippen LogP contribution in [0.1, 0.15) is 15.9 Å². The second kappa shape index (κ2) is 5.59. The van der Waals surface area contributed by atoms with Gasteiger partial charge in [-0.05, 0) is 40.2 Å². The van der Waals surface area contributed by atoms with Gasteiger partial charge in [-0.25, -0.2) is 0 Å². The first kappa shape index (κ1) is 13.2. The fourth-order valence-corrected chi connectivity index (χ4v) is 2.30. The summed E-state index contributed by atoms with van der Waals surface area (Å²) in [4.78, 5) is 12.1. The van der Waals surface area contributed by atoms with Gasteiger partial charge in [-0.15, -0.1) is 0 Å². The third kappa shape index (κ3) is 2.76. The molecule has 0 aliphatic carbocycles. The molecule has 0 spiro atoms. The Hall–Kier alpha value is -1.26.